The molecule has 0 aliphatic heterocycles. The lowest BCUT2D eigenvalue weighted by Gasteiger charge is -2.11. The minimum Gasteiger partial charge on any atom is -0.256 e. The molecule has 0 atom stereocenters. The lowest BCUT2D eigenvalue weighted by Crippen LogP contribution is -2.04. The van der Waals surface area contributed by atoms with Crippen LogP contribution in [0, 0.1) is 6.92 Å². The summed E-state index contributed by atoms with van der Waals surface area (Å²) in [6.45, 7) is 3.99. The van der Waals surface area contributed by atoms with Crippen molar-refractivity contribution in [2.75, 3.05) is 0 Å². The maximum atomic E-state index is 12.9. The van der Waals surface area contributed by atoms with Gasteiger partial charge in [0.15, 0.2) is 0 Å². The van der Waals surface area contributed by atoms with Crippen molar-refractivity contribution in [1.82, 2.24) is 4.98 Å². The van der Waals surface area contributed by atoms with Crippen molar-refractivity contribution in [3.8, 4) is 22.4 Å². The molecule has 3 rings (SSSR count). The van der Waals surface area contributed by atoms with E-state index in [2.05, 4.69) is 24.0 Å². The molecule has 0 N–H and O–H groups in total. The SMILES string of the molecule is CCc1ccc(-c2cc(C)c(-c3cccc(C(F)(F)F)c3)cn2)cc1. The Kier molecular flexibility index (Phi) is 4.62. The van der Waals surface area contributed by atoms with Crippen molar-refractivity contribution in [3.05, 3.63) is 77.5 Å². The van der Waals surface area contributed by atoms with Crippen LogP contribution in [-0.4, -0.2) is 4.98 Å². The zero-order valence-corrected chi connectivity index (χ0v) is 14.1. The van der Waals surface area contributed by atoms with Crippen LogP contribution >= 0.6 is 0 Å². The van der Waals surface area contributed by atoms with Crippen LogP contribution in [0.4, 0.5) is 13.2 Å². The standard InChI is InChI=1S/C21H18F3N/c1-3-15-7-9-16(10-8-15)20-11-14(2)19(13-25-20)17-5-4-6-18(12-17)21(22,23)24/h4-13H,3H2,1-2H3. The summed E-state index contributed by atoms with van der Waals surface area (Å²) in [4.78, 5) is 4.45. The highest BCUT2D eigenvalue weighted by molar-refractivity contribution is 5.71. The second-order valence-corrected chi connectivity index (χ2v) is 6.01. The van der Waals surface area contributed by atoms with Gasteiger partial charge in [-0.05, 0) is 48.2 Å². The molecule has 25 heavy (non-hydrogen) atoms. The molecule has 0 fully saturated rings. The van der Waals surface area contributed by atoms with E-state index in [1.165, 1.54) is 17.7 Å². The van der Waals surface area contributed by atoms with Gasteiger partial charge in [-0.25, -0.2) is 0 Å². The van der Waals surface area contributed by atoms with Crippen molar-refractivity contribution >= 4 is 0 Å². The predicted octanol–water partition coefficient (Wildman–Crippen LogP) is 6.31. The third-order valence-corrected chi connectivity index (χ3v) is 4.27. The van der Waals surface area contributed by atoms with Gasteiger partial charge in [0.25, 0.3) is 0 Å². The number of hydrogen-bond donors (Lipinski definition) is 0. The second kappa shape index (κ2) is 6.71. The van der Waals surface area contributed by atoms with Crippen LogP contribution in [0.15, 0.2) is 60.8 Å². The van der Waals surface area contributed by atoms with E-state index in [-0.39, 0.29) is 0 Å². The molecule has 1 nitrogen and oxygen atoms in total. The Bertz CT molecular complexity index is 880. The minimum atomic E-state index is -4.35. The van der Waals surface area contributed by atoms with E-state index in [0.29, 0.717) is 11.1 Å². The summed E-state index contributed by atoms with van der Waals surface area (Å²) in [6.07, 6.45) is -1.73. The zero-order chi connectivity index (χ0) is 18.0. The lowest BCUT2D eigenvalue weighted by molar-refractivity contribution is -0.137. The Balaban J connectivity index is 1.97. The number of nitrogens with zero attached hydrogens (tertiary/aromatic N) is 1. The molecular weight excluding hydrogens is 323 g/mol. The van der Waals surface area contributed by atoms with Gasteiger partial charge in [-0.3, -0.25) is 4.98 Å². The van der Waals surface area contributed by atoms with Crippen LogP contribution in [0.2, 0.25) is 0 Å². The van der Waals surface area contributed by atoms with E-state index in [1.807, 2.05) is 25.1 Å². The van der Waals surface area contributed by atoms with Crippen LogP contribution in [-0.2, 0) is 12.6 Å². The molecule has 1 heterocycles. The number of aryl methyl sites for hydroxylation is 2. The van der Waals surface area contributed by atoms with Gasteiger partial charge in [-0.15, -0.1) is 0 Å². The predicted molar refractivity (Wildman–Crippen MR) is 94.2 cm³/mol. The first-order valence-corrected chi connectivity index (χ1v) is 8.12. The van der Waals surface area contributed by atoms with Crippen molar-refractivity contribution in [2.24, 2.45) is 0 Å². The molecule has 3 aromatic rings. The summed E-state index contributed by atoms with van der Waals surface area (Å²) in [7, 11) is 0. The van der Waals surface area contributed by atoms with Gasteiger partial charge in [-0.2, -0.15) is 13.2 Å². The quantitative estimate of drug-likeness (QED) is 0.544. The molecule has 0 unspecified atom stereocenters. The summed E-state index contributed by atoms with van der Waals surface area (Å²) in [6, 6.07) is 15.4. The fourth-order valence-corrected chi connectivity index (χ4v) is 2.79. The number of benzene rings is 2. The summed E-state index contributed by atoms with van der Waals surface area (Å²) in [5.74, 6) is 0. The highest BCUT2D eigenvalue weighted by Crippen LogP contribution is 2.33. The van der Waals surface area contributed by atoms with E-state index in [4.69, 9.17) is 0 Å². The Morgan fingerprint density at radius 1 is 0.920 bits per heavy atom. The topological polar surface area (TPSA) is 12.9 Å². The molecule has 4 heteroatoms. The van der Waals surface area contributed by atoms with Crippen molar-refractivity contribution in [1.29, 1.82) is 0 Å². The smallest absolute Gasteiger partial charge is 0.256 e. The maximum Gasteiger partial charge on any atom is 0.416 e. The Morgan fingerprint density at radius 2 is 1.64 bits per heavy atom. The first-order valence-electron chi connectivity index (χ1n) is 8.12. The van der Waals surface area contributed by atoms with E-state index >= 15 is 0 Å². The number of alkyl halides is 3. The highest BCUT2D eigenvalue weighted by Gasteiger charge is 2.30. The van der Waals surface area contributed by atoms with Crippen LogP contribution in [0.3, 0.4) is 0 Å². The van der Waals surface area contributed by atoms with E-state index < -0.39 is 11.7 Å². The van der Waals surface area contributed by atoms with E-state index in [0.717, 1.165) is 29.3 Å². The minimum absolute atomic E-state index is 0.521. The van der Waals surface area contributed by atoms with Gasteiger partial charge < -0.3 is 0 Å². The highest BCUT2D eigenvalue weighted by atomic mass is 19.4. The van der Waals surface area contributed by atoms with Gasteiger partial charge in [0.2, 0.25) is 0 Å². The molecule has 0 aliphatic rings. The van der Waals surface area contributed by atoms with Crippen molar-refractivity contribution < 1.29 is 13.2 Å². The second-order valence-electron chi connectivity index (χ2n) is 6.01. The fourth-order valence-electron chi connectivity index (χ4n) is 2.79. The molecule has 1 aromatic heterocycles. The first kappa shape index (κ1) is 17.2. The zero-order valence-electron chi connectivity index (χ0n) is 14.1. The molecule has 0 spiro atoms. The molecule has 0 amide bonds. The molecular formula is C21H18F3N. The normalized spacial score (nSPS) is 11.6. The van der Waals surface area contributed by atoms with Gasteiger partial charge in [0, 0.05) is 17.3 Å². The van der Waals surface area contributed by atoms with Crippen LogP contribution < -0.4 is 0 Å². The molecule has 128 valence electrons. The Morgan fingerprint density at radius 3 is 2.24 bits per heavy atom. The monoisotopic (exact) mass is 341 g/mol. The molecule has 0 bridgehead atoms. The van der Waals surface area contributed by atoms with Gasteiger partial charge in [-0.1, -0.05) is 43.3 Å². The molecule has 0 aliphatic carbocycles. The Hall–Kier alpha value is -2.62. The number of aromatic nitrogens is 1. The Labute approximate surface area is 145 Å². The number of rotatable bonds is 3. The maximum absolute atomic E-state index is 12.9. The number of halogens is 3. The van der Waals surface area contributed by atoms with Crippen LogP contribution in [0.5, 0.6) is 0 Å². The van der Waals surface area contributed by atoms with E-state index in [1.54, 1.807) is 12.3 Å². The average molecular weight is 341 g/mol. The van der Waals surface area contributed by atoms with Crippen LogP contribution in [0.25, 0.3) is 22.4 Å². The summed E-state index contributed by atoms with van der Waals surface area (Å²) in [5.41, 5.74) is 4.54. The van der Waals surface area contributed by atoms with Crippen LogP contribution in [0.1, 0.15) is 23.6 Å². The van der Waals surface area contributed by atoms with Gasteiger partial charge in [0.05, 0.1) is 11.3 Å². The van der Waals surface area contributed by atoms with E-state index in [9.17, 15) is 13.2 Å². The first-order chi connectivity index (χ1) is 11.9. The molecule has 0 radical (unpaired) electrons. The van der Waals surface area contributed by atoms with Gasteiger partial charge >= 0.3 is 6.18 Å². The van der Waals surface area contributed by atoms with Crippen molar-refractivity contribution in [2.45, 2.75) is 26.4 Å². The number of pyridine rings is 1. The fraction of sp³-hybridized carbons (Fsp3) is 0.190. The summed E-state index contributed by atoms with van der Waals surface area (Å²) < 4.78 is 38.7. The number of hydrogen-bond acceptors (Lipinski definition) is 1. The molecule has 0 saturated heterocycles. The van der Waals surface area contributed by atoms with Crippen molar-refractivity contribution in [3.63, 3.8) is 0 Å². The average Bonchev–Trinajstić information content (AvgIpc) is 2.61. The third-order valence-electron chi connectivity index (χ3n) is 4.27. The summed E-state index contributed by atoms with van der Waals surface area (Å²) in [5, 5.41) is 0. The molecule has 0 saturated carbocycles. The molecule has 2 aromatic carbocycles. The van der Waals surface area contributed by atoms with Gasteiger partial charge in [0.1, 0.15) is 0 Å². The summed E-state index contributed by atoms with van der Waals surface area (Å²) >= 11 is 0. The largest absolute Gasteiger partial charge is 0.416 e. The third kappa shape index (κ3) is 3.73. The lowest BCUT2D eigenvalue weighted by atomic mass is 9.98.